The van der Waals surface area contributed by atoms with Crippen molar-refractivity contribution in [1.29, 1.82) is 0 Å². The molecule has 5 nitrogen and oxygen atoms in total. The highest BCUT2D eigenvalue weighted by Crippen LogP contribution is 2.23. The summed E-state index contributed by atoms with van der Waals surface area (Å²) >= 11 is 1.30. The van der Waals surface area contributed by atoms with Gasteiger partial charge in [-0.2, -0.15) is 0 Å². The Labute approximate surface area is 175 Å². The number of aromatic nitrogens is 3. The van der Waals surface area contributed by atoms with Crippen molar-refractivity contribution in [1.82, 2.24) is 14.8 Å². The van der Waals surface area contributed by atoms with Gasteiger partial charge >= 0.3 is 0 Å². The molecule has 29 heavy (non-hydrogen) atoms. The third-order valence-electron chi connectivity index (χ3n) is 4.85. The maximum atomic E-state index is 13.9. The third kappa shape index (κ3) is 5.10. The summed E-state index contributed by atoms with van der Waals surface area (Å²) < 4.78 is 16.0. The summed E-state index contributed by atoms with van der Waals surface area (Å²) in [5.41, 5.74) is 1.25. The number of rotatable bonds is 9. The van der Waals surface area contributed by atoms with Crippen LogP contribution in [0.5, 0.6) is 0 Å². The van der Waals surface area contributed by atoms with Crippen LogP contribution in [0.4, 0.5) is 4.39 Å². The Morgan fingerprint density at radius 2 is 1.79 bits per heavy atom. The van der Waals surface area contributed by atoms with E-state index in [9.17, 15) is 9.18 Å². The molecule has 2 aromatic carbocycles. The molecule has 1 aromatic heterocycles. The van der Waals surface area contributed by atoms with E-state index in [1.54, 1.807) is 12.1 Å². The average molecular weight is 414 g/mol. The van der Waals surface area contributed by atoms with Crippen molar-refractivity contribution in [3.63, 3.8) is 0 Å². The van der Waals surface area contributed by atoms with Gasteiger partial charge in [0.1, 0.15) is 11.9 Å². The third-order valence-corrected chi connectivity index (χ3v) is 5.82. The molecule has 0 spiro atoms. The van der Waals surface area contributed by atoms with Gasteiger partial charge < -0.3 is 4.90 Å². The molecule has 3 aromatic rings. The number of hydrogen-bond acceptors (Lipinski definition) is 4. The fourth-order valence-electron chi connectivity index (χ4n) is 3.32. The van der Waals surface area contributed by atoms with Crippen molar-refractivity contribution in [3.8, 4) is 0 Å². The van der Waals surface area contributed by atoms with Gasteiger partial charge in [0.05, 0.1) is 32.0 Å². The molecule has 3 rings (SSSR count). The minimum absolute atomic E-state index is 0.110. The van der Waals surface area contributed by atoms with Crippen LogP contribution < -0.4 is 4.90 Å². The molecule has 0 amide bonds. The second-order valence-electron chi connectivity index (χ2n) is 7.14. The summed E-state index contributed by atoms with van der Waals surface area (Å²) in [6.07, 6.45) is 0.925. The molecular formula is C22H26FN4OS+. The predicted molar refractivity (Wildman–Crippen MR) is 113 cm³/mol. The van der Waals surface area contributed by atoms with Crippen LogP contribution in [0.25, 0.3) is 0 Å². The highest BCUT2D eigenvalue weighted by Gasteiger charge is 2.25. The molecule has 1 heterocycles. The summed E-state index contributed by atoms with van der Waals surface area (Å²) in [6, 6.07) is 16.4. The van der Waals surface area contributed by atoms with Crippen molar-refractivity contribution >= 4 is 17.5 Å². The number of benzene rings is 2. The van der Waals surface area contributed by atoms with Gasteiger partial charge in [0, 0.05) is 6.42 Å². The standard InChI is InChI=1S/C22H25FN4OS/c1-4-19(26(2)3)21-24-25-22(27(21)14-16-10-6-5-7-11-16)29-15-20(28)17-12-8-9-13-18(17)23/h5-13,19H,4,14-15H2,1-3H3/p+1/t19-/m0/s1. The largest absolute Gasteiger partial charge is 0.331 e. The molecule has 7 heteroatoms. The Morgan fingerprint density at radius 1 is 1.10 bits per heavy atom. The van der Waals surface area contributed by atoms with Crippen LogP contribution in [0.3, 0.4) is 0 Å². The van der Waals surface area contributed by atoms with Crippen LogP contribution in [0.15, 0.2) is 59.8 Å². The molecule has 0 aliphatic carbocycles. The van der Waals surface area contributed by atoms with Gasteiger partial charge in [0.15, 0.2) is 16.8 Å². The van der Waals surface area contributed by atoms with Crippen molar-refractivity contribution in [2.75, 3.05) is 19.8 Å². The maximum Gasteiger partial charge on any atom is 0.192 e. The van der Waals surface area contributed by atoms with Gasteiger partial charge in [-0.25, -0.2) is 4.39 Å². The first-order valence-corrected chi connectivity index (χ1v) is 10.7. The van der Waals surface area contributed by atoms with Gasteiger partial charge in [-0.15, -0.1) is 10.2 Å². The Kier molecular flexibility index (Phi) is 7.17. The second kappa shape index (κ2) is 9.80. The molecule has 1 atom stereocenters. The molecule has 0 bridgehead atoms. The van der Waals surface area contributed by atoms with Gasteiger partial charge in [0.2, 0.25) is 0 Å². The fourth-order valence-corrected chi connectivity index (χ4v) is 4.15. The van der Waals surface area contributed by atoms with E-state index in [0.717, 1.165) is 17.8 Å². The maximum absolute atomic E-state index is 13.9. The van der Waals surface area contributed by atoms with Gasteiger partial charge in [-0.1, -0.05) is 61.2 Å². The number of hydrogen-bond donors (Lipinski definition) is 1. The number of ketones is 1. The smallest absolute Gasteiger partial charge is 0.192 e. The first-order chi connectivity index (χ1) is 14.0. The number of nitrogens with one attached hydrogen (secondary N) is 1. The summed E-state index contributed by atoms with van der Waals surface area (Å²) in [6.45, 7) is 2.76. The lowest BCUT2D eigenvalue weighted by Crippen LogP contribution is -3.06. The van der Waals surface area contributed by atoms with Crippen LogP contribution in [0.2, 0.25) is 0 Å². The normalized spacial score (nSPS) is 12.3. The van der Waals surface area contributed by atoms with E-state index < -0.39 is 5.82 Å². The van der Waals surface area contributed by atoms with Crippen molar-refractivity contribution in [3.05, 3.63) is 77.4 Å². The molecule has 0 aliphatic rings. The number of Topliss-reactive ketones (excluding diaryl/α,β-unsaturated/α-hetero) is 1. The predicted octanol–water partition coefficient (Wildman–Crippen LogP) is 3.04. The van der Waals surface area contributed by atoms with E-state index in [-0.39, 0.29) is 23.1 Å². The SMILES string of the molecule is CC[C@@H](c1nnc(SCC(=O)c2ccccc2F)n1Cc1ccccc1)[NH+](C)C. The van der Waals surface area contributed by atoms with Crippen LogP contribution in [-0.4, -0.2) is 40.4 Å². The van der Waals surface area contributed by atoms with Crippen molar-refractivity contribution < 1.29 is 14.1 Å². The van der Waals surface area contributed by atoms with Gasteiger partial charge in [-0.05, 0) is 17.7 Å². The van der Waals surface area contributed by atoms with E-state index in [4.69, 9.17) is 0 Å². The van der Waals surface area contributed by atoms with E-state index in [1.807, 2.05) is 18.2 Å². The lowest BCUT2D eigenvalue weighted by atomic mass is 10.1. The number of carbonyl (C=O) groups excluding carboxylic acids is 1. The number of thioether (sulfide) groups is 1. The minimum atomic E-state index is -0.494. The molecule has 0 fully saturated rings. The zero-order chi connectivity index (χ0) is 20.8. The minimum Gasteiger partial charge on any atom is -0.331 e. The fraction of sp³-hybridized carbons (Fsp3) is 0.318. The molecule has 0 saturated carbocycles. The van der Waals surface area contributed by atoms with E-state index in [2.05, 4.69) is 47.9 Å². The lowest BCUT2D eigenvalue weighted by Gasteiger charge is -2.20. The summed E-state index contributed by atoms with van der Waals surface area (Å²) in [4.78, 5) is 13.8. The molecule has 1 N–H and O–H groups in total. The van der Waals surface area contributed by atoms with Gasteiger partial charge in [-0.3, -0.25) is 9.36 Å². The number of halogens is 1. The highest BCUT2D eigenvalue weighted by molar-refractivity contribution is 7.99. The molecule has 152 valence electrons. The van der Waals surface area contributed by atoms with Crippen molar-refractivity contribution in [2.45, 2.75) is 31.1 Å². The molecular weight excluding hydrogens is 387 g/mol. The van der Waals surface area contributed by atoms with Crippen LogP contribution >= 0.6 is 11.8 Å². The quantitative estimate of drug-likeness (QED) is 0.433. The summed E-state index contributed by atoms with van der Waals surface area (Å²) in [5, 5.41) is 9.50. The number of carbonyl (C=O) groups is 1. The molecule has 0 aliphatic heterocycles. The van der Waals surface area contributed by atoms with E-state index in [0.29, 0.717) is 11.7 Å². The van der Waals surface area contributed by atoms with E-state index >= 15 is 0 Å². The average Bonchev–Trinajstić information content (AvgIpc) is 3.10. The first-order valence-electron chi connectivity index (χ1n) is 9.68. The second-order valence-corrected chi connectivity index (χ2v) is 8.08. The summed E-state index contributed by atoms with van der Waals surface area (Å²) in [5.74, 6) is 0.262. The molecule has 0 unspecified atom stereocenters. The first kappa shape index (κ1) is 21.2. The number of quaternary nitrogens is 1. The monoisotopic (exact) mass is 413 g/mol. The summed E-state index contributed by atoms with van der Waals surface area (Å²) in [7, 11) is 4.20. The zero-order valence-electron chi connectivity index (χ0n) is 16.9. The van der Waals surface area contributed by atoms with Crippen LogP contribution in [0, 0.1) is 5.82 Å². The topological polar surface area (TPSA) is 52.2 Å². The van der Waals surface area contributed by atoms with Gasteiger partial charge in [0.25, 0.3) is 0 Å². The lowest BCUT2D eigenvalue weighted by molar-refractivity contribution is -0.893. The van der Waals surface area contributed by atoms with Crippen LogP contribution in [0.1, 0.15) is 41.1 Å². The Balaban J connectivity index is 1.86. The van der Waals surface area contributed by atoms with Crippen molar-refractivity contribution in [2.24, 2.45) is 0 Å². The molecule has 0 saturated heterocycles. The van der Waals surface area contributed by atoms with E-state index in [1.165, 1.54) is 28.8 Å². The Morgan fingerprint density at radius 3 is 2.45 bits per heavy atom. The zero-order valence-corrected chi connectivity index (χ0v) is 17.7. The number of nitrogens with zero attached hydrogens (tertiary/aromatic N) is 3. The molecule has 0 radical (unpaired) electrons. The highest BCUT2D eigenvalue weighted by atomic mass is 32.2. The Hall–Kier alpha value is -2.51. The van der Waals surface area contributed by atoms with Crippen LogP contribution in [-0.2, 0) is 6.54 Å². The Bertz CT molecular complexity index is 958.